The lowest BCUT2D eigenvalue weighted by Crippen LogP contribution is -2.00. The van der Waals surface area contributed by atoms with Crippen LogP contribution in [0.2, 0.25) is 0 Å². The second-order valence-electron chi connectivity index (χ2n) is 14.7. The summed E-state index contributed by atoms with van der Waals surface area (Å²) in [5, 5.41) is 6.14. The van der Waals surface area contributed by atoms with Gasteiger partial charge in [-0.2, -0.15) is 0 Å². The zero-order valence-electron chi connectivity index (χ0n) is 34.5. The smallest absolute Gasteiger partial charge is 0.165 e. The van der Waals surface area contributed by atoms with Gasteiger partial charge in [0, 0.05) is 48.6 Å². The first-order valence-electron chi connectivity index (χ1n) is 21.0. The Kier molecular flexibility index (Phi) is 9.87. The normalized spacial score (nSPS) is 11.3. The van der Waals surface area contributed by atoms with E-state index in [1.54, 1.807) is 6.08 Å². The highest BCUT2D eigenvalue weighted by Crippen LogP contribution is 2.47. The fourth-order valence-corrected chi connectivity index (χ4v) is 10.2. The maximum absolute atomic E-state index is 5.57. The van der Waals surface area contributed by atoms with Gasteiger partial charge in [-0.3, -0.25) is 9.13 Å². The van der Waals surface area contributed by atoms with Crippen LogP contribution in [0.15, 0.2) is 207 Å². The lowest BCUT2D eigenvalue weighted by atomic mass is 10.0. The van der Waals surface area contributed by atoms with Crippen molar-refractivity contribution < 1.29 is 0 Å². The molecule has 0 aliphatic heterocycles. The van der Waals surface area contributed by atoms with Crippen LogP contribution in [0, 0.1) is 0 Å². The molecule has 294 valence electrons. The average Bonchev–Trinajstić information content (AvgIpc) is 4.08. The van der Waals surface area contributed by atoms with E-state index in [-0.39, 0.29) is 0 Å². The van der Waals surface area contributed by atoms with E-state index in [0.717, 1.165) is 44.8 Å². The number of thiophene rings is 1. The summed E-state index contributed by atoms with van der Waals surface area (Å²) in [6.45, 7) is 9.25. The van der Waals surface area contributed by atoms with E-state index in [0.29, 0.717) is 0 Å². The van der Waals surface area contributed by atoms with Crippen LogP contribution in [0.1, 0.15) is 20.8 Å². The van der Waals surface area contributed by atoms with Crippen LogP contribution in [0.25, 0.3) is 104 Å². The number of imidazole rings is 1. The summed E-state index contributed by atoms with van der Waals surface area (Å²) in [5.41, 5.74) is 12.4. The van der Waals surface area contributed by atoms with Crippen LogP contribution in [-0.2, 0) is 0 Å². The second kappa shape index (κ2) is 15.9. The maximum Gasteiger partial charge on any atom is 0.165 e. The Morgan fingerprint density at radius 3 is 1.62 bits per heavy atom. The topological polar surface area (TPSA) is 27.7 Å². The molecule has 12 aromatic rings. The van der Waals surface area contributed by atoms with Gasteiger partial charge in [-0.25, -0.2) is 4.98 Å². The van der Waals surface area contributed by atoms with Crippen molar-refractivity contribution in [3.63, 3.8) is 0 Å². The Bertz CT molecular complexity index is 3500. The molecular weight excluding hydrogens is 761 g/mol. The SMILES string of the molecule is C=CC.CC.c1ccc(-c2cccc3c2sc2c(-n4c5ccccc5c5ccc6c7c(nc(-c8ccccc8)n7-c7ccccc7)n(-c7ccccc7)c6c54)cccc23)cc1. The lowest BCUT2D eigenvalue weighted by Gasteiger charge is -2.13. The number of aromatic nitrogens is 4. The molecule has 4 aromatic heterocycles. The molecule has 0 saturated heterocycles. The fraction of sp³-hybridized carbons (Fsp3) is 0.0536. The van der Waals surface area contributed by atoms with Gasteiger partial charge in [0.2, 0.25) is 0 Å². The minimum Gasteiger partial charge on any atom is -0.306 e. The standard InChI is InChI=1S/C51H32N4S.C3H6.C2H6/c1-5-17-33(18-6-1)37-26-15-27-40-41-28-16-30-44(49(41)56-48(37)40)55-43-29-14-13-25-38(43)39-31-32-42-46(45(39)55)53(35-21-9-3-10-22-35)51-47(42)54(36-23-11-4-12-24-36)50(52-51)34-19-7-2-8-20-34;1-3-2;1-2/h1-32H;3H,1H2,2H3;1-2H3. The van der Waals surface area contributed by atoms with Gasteiger partial charge in [-0.1, -0.05) is 172 Å². The predicted molar refractivity (Wildman–Crippen MR) is 263 cm³/mol. The summed E-state index contributed by atoms with van der Waals surface area (Å²) in [7, 11) is 0. The number of fused-ring (bicyclic) bond motifs is 10. The van der Waals surface area contributed by atoms with E-state index < -0.39 is 0 Å². The first kappa shape index (κ1) is 37.8. The van der Waals surface area contributed by atoms with E-state index in [1.165, 1.54) is 58.8 Å². The van der Waals surface area contributed by atoms with E-state index >= 15 is 0 Å². The molecule has 0 radical (unpaired) electrons. The Morgan fingerprint density at radius 2 is 0.951 bits per heavy atom. The summed E-state index contributed by atoms with van der Waals surface area (Å²) in [6.07, 6.45) is 1.75. The molecule has 4 heterocycles. The third-order valence-corrected chi connectivity index (χ3v) is 12.5. The zero-order chi connectivity index (χ0) is 41.5. The van der Waals surface area contributed by atoms with Crippen LogP contribution in [0.4, 0.5) is 0 Å². The molecule has 5 heteroatoms. The molecule has 0 amide bonds. The Balaban J connectivity index is 0.000000856. The molecule has 0 bridgehead atoms. The molecular formula is C56H44N4S. The molecule has 0 fully saturated rings. The first-order valence-corrected chi connectivity index (χ1v) is 21.8. The van der Waals surface area contributed by atoms with Crippen molar-refractivity contribution in [3.8, 4) is 39.6 Å². The van der Waals surface area contributed by atoms with Crippen LogP contribution in [-0.4, -0.2) is 18.7 Å². The summed E-state index contributed by atoms with van der Waals surface area (Å²) in [5.74, 6) is 0.915. The van der Waals surface area contributed by atoms with Crippen molar-refractivity contribution in [2.75, 3.05) is 0 Å². The number of hydrogen-bond donors (Lipinski definition) is 0. The van der Waals surface area contributed by atoms with Crippen LogP contribution < -0.4 is 0 Å². The van der Waals surface area contributed by atoms with E-state index in [4.69, 9.17) is 4.98 Å². The van der Waals surface area contributed by atoms with Gasteiger partial charge >= 0.3 is 0 Å². The minimum atomic E-state index is 0.915. The molecule has 0 spiro atoms. The van der Waals surface area contributed by atoms with Crippen molar-refractivity contribution in [2.45, 2.75) is 20.8 Å². The summed E-state index contributed by atoms with van der Waals surface area (Å²) >= 11 is 1.89. The zero-order valence-corrected chi connectivity index (χ0v) is 35.3. The van der Waals surface area contributed by atoms with Gasteiger partial charge in [-0.15, -0.1) is 17.9 Å². The summed E-state index contributed by atoms with van der Waals surface area (Å²) in [4.78, 5) is 5.57. The molecule has 0 N–H and O–H groups in total. The molecule has 0 atom stereocenters. The van der Waals surface area contributed by atoms with Gasteiger partial charge < -0.3 is 4.57 Å². The summed E-state index contributed by atoms with van der Waals surface area (Å²) in [6, 6.07) is 69.8. The monoisotopic (exact) mass is 804 g/mol. The van der Waals surface area contributed by atoms with Crippen molar-refractivity contribution in [3.05, 3.63) is 207 Å². The van der Waals surface area contributed by atoms with Crippen molar-refractivity contribution in [1.82, 2.24) is 18.7 Å². The Hall–Kier alpha value is -7.47. The number of allylic oxidation sites excluding steroid dienone is 1. The van der Waals surface area contributed by atoms with Crippen LogP contribution >= 0.6 is 11.3 Å². The van der Waals surface area contributed by atoms with Crippen molar-refractivity contribution in [2.24, 2.45) is 0 Å². The van der Waals surface area contributed by atoms with Gasteiger partial charge in [0.05, 0.1) is 26.9 Å². The van der Waals surface area contributed by atoms with Crippen molar-refractivity contribution in [1.29, 1.82) is 0 Å². The molecule has 0 saturated carbocycles. The lowest BCUT2D eigenvalue weighted by molar-refractivity contribution is 1.09. The van der Waals surface area contributed by atoms with Gasteiger partial charge in [0.15, 0.2) is 5.65 Å². The van der Waals surface area contributed by atoms with Crippen molar-refractivity contribution >= 4 is 75.4 Å². The fourth-order valence-electron chi connectivity index (χ4n) is 8.88. The van der Waals surface area contributed by atoms with Gasteiger partial charge in [0.25, 0.3) is 0 Å². The summed E-state index contributed by atoms with van der Waals surface area (Å²) < 4.78 is 9.85. The van der Waals surface area contributed by atoms with E-state index in [9.17, 15) is 0 Å². The molecule has 4 nitrogen and oxygen atoms in total. The van der Waals surface area contributed by atoms with Gasteiger partial charge in [0.1, 0.15) is 11.3 Å². The molecule has 12 rings (SSSR count). The molecule has 0 unspecified atom stereocenters. The quantitative estimate of drug-likeness (QED) is 0.159. The minimum absolute atomic E-state index is 0.915. The molecule has 0 aliphatic rings. The second-order valence-corrected chi connectivity index (χ2v) is 15.8. The number of benzene rings is 8. The predicted octanol–water partition coefficient (Wildman–Crippen LogP) is 16.0. The van der Waals surface area contributed by atoms with E-state index in [2.05, 4.69) is 214 Å². The molecule has 8 aromatic carbocycles. The highest BCUT2D eigenvalue weighted by atomic mass is 32.1. The van der Waals surface area contributed by atoms with Crippen LogP contribution in [0.3, 0.4) is 0 Å². The largest absolute Gasteiger partial charge is 0.306 e. The third-order valence-electron chi connectivity index (χ3n) is 11.2. The average molecular weight is 805 g/mol. The number of rotatable bonds is 5. The Labute approximate surface area is 359 Å². The molecule has 61 heavy (non-hydrogen) atoms. The maximum atomic E-state index is 5.57. The number of nitrogens with zero attached hydrogens (tertiary/aromatic N) is 4. The first-order chi connectivity index (χ1) is 30.2. The molecule has 0 aliphatic carbocycles. The Morgan fingerprint density at radius 1 is 0.443 bits per heavy atom. The van der Waals surface area contributed by atoms with E-state index in [1.807, 2.05) is 32.1 Å². The number of para-hydroxylation sites is 3. The third kappa shape index (κ3) is 6.08. The highest BCUT2D eigenvalue weighted by molar-refractivity contribution is 7.26. The number of hydrogen-bond acceptors (Lipinski definition) is 2. The highest BCUT2D eigenvalue weighted by Gasteiger charge is 2.27. The van der Waals surface area contributed by atoms with Crippen LogP contribution in [0.5, 0.6) is 0 Å². The van der Waals surface area contributed by atoms with Gasteiger partial charge in [-0.05, 0) is 60.5 Å².